The molecule has 15 heavy (non-hydrogen) atoms. The number of nitrogens with one attached hydrogen (secondary N) is 1. The van der Waals surface area contributed by atoms with Crippen LogP contribution in [0.5, 0.6) is 0 Å². The van der Waals surface area contributed by atoms with Gasteiger partial charge in [-0.25, -0.2) is 0 Å². The number of likely N-dealkylation sites (N-methyl/N-ethyl adjacent to an activating group) is 1. The second kappa shape index (κ2) is 4.94. The van der Waals surface area contributed by atoms with E-state index in [9.17, 15) is 4.79 Å². The zero-order chi connectivity index (χ0) is 11.5. The van der Waals surface area contributed by atoms with Gasteiger partial charge in [-0.1, -0.05) is 0 Å². The topological polar surface area (TPSA) is 41.6 Å². The van der Waals surface area contributed by atoms with Crippen molar-refractivity contribution in [2.75, 3.05) is 27.2 Å². The predicted molar refractivity (Wildman–Crippen MR) is 59.7 cm³/mol. The highest BCUT2D eigenvalue weighted by Gasteiger charge is 2.42. The van der Waals surface area contributed by atoms with Gasteiger partial charge in [-0.2, -0.15) is 0 Å². The summed E-state index contributed by atoms with van der Waals surface area (Å²) >= 11 is 0. The molecule has 0 radical (unpaired) electrons. The molecule has 1 aliphatic heterocycles. The van der Waals surface area contributed by atoms with E-state index in [0.29, 0.717) is 0 Å². The maximum Gasteiger partial charge on any atom is 0.327 e. The number of carbonyl (C=O) groups is 1. The number of methoxy groups -OCH3 is 1. The lowest BCUT2D eigenvalue weighted by molar-refractivity contribution is -0.151. The molecule has 1 heterocycles. The normalized spacial score (nSPS) is 28.1. The third-order valence-corrected chi connectivity index (χ3v) is 2.82. The van der Waals surface area contributed by atoms with Gasteiger partial charge in [0, 0.05) is 12.6 Å². The van der Waals surface area contributed by atoms with E-state index in [1.165, 1.54) is 7.11 Å². The van der Waals surface area contributed by atoms with Crippen molar-refractivity contribution in [2.24, 2.45) is 0 Å². The van der Waals surface area contributed by atoms with Gasteiger partial charge >= 0.3 is 5.97 Å². The number of carbonyl (C=O) groups excluding carboxylic acids is 1. The quantitative estimate of drug-likeness (QED) is 0.699. The van der Waals surface area contributed by atoms with Gasteiger partial charge in [-0.15, -0.1) is 0 Å². The van der Waals surface area contributed by atoms with Gasteiger partial charge in [0.2, 0.25) is 0 Å². The monoisotopic (exact) mass is 214 g/mol. The zero-order valence-corrected chi connectivity index (χ0v) is 10.2. The standard InChI is InChI=1S/C11H22N2O2/c1-9(2)12-11(10(14)15-4)6-5-7-13(3)8-11/h9,12H,5-8H2,1-4H3. The molecule has 0 amide bonds. The molecule has 0 aromatic rings. The lowest BCUT2D eigenvalue weighted by atomic mass is 9.88. The first kappa shape index (κ1) is 12.5. The number of rotatable bonds is 3. The molecule has 0 spiro atoms. The third-order valence-electron chi connectivity index (χ3n) is 2.82. The summed E-state index contributed by atoms with van der Waals surface area (Å²) in [6, 6.07) is 0.288. The van der Waals surface area contributed by atoms with E-state index < -0.39 is 5.54 Å². The summed E-state index contributed by atoms with van der Waals surface area (Å²) in [7, 11) is 3.50. The van der Waals surface area contributed by atoms with Gasteiger partial charge in [0.1, 0.15) is 5.54 Å². The largest absolute Gasteiger partial charge is 0.468 e. The lowest BCUT2D eigenvalue weighted by Crippen LogP contribution is -2.63. The summed E-state index contributed by atoms with van der Waals surface area (Å²) in [4.78, 5) is 14.0. The molecule has 1 fully saturated rings. The molecule has 4 nitrogen and oxygen atoms in total. The van der Waals surface area contributed by atoms with Crippen molar-refractivity contribution in [3.8, 4) is 0 Å². The Labute approximate surface area is 92.0 Å². The van der Waals surface area contributed by atoms with Crippen LogP contribution >= 0.6 is 0 Å². The fourth-order valence-electron chi connectivity index (χ4n) is 2.36. The summed E-state index contributed by atoms with van der Waals surface area (Å²) < 4.78 is 4.91. The van der Waals surface area contributed by atoms with Crippen molar-refractivity contribution in [1.29, 1.82) is 0 Å². The van der Waals surface area contributed by atoms with E-state index in [2.05, 4.69) is 24.1 Å². The second-order valence-corrected chi connectivity index (χ2v) is 4.71. The van der Waals surface area contributed by atoms with Crippen molar-refractivity contribution in [2.45, 2.75) is 38.3 Å². The highest BCUT2D eigenvalue weighted by Crippen LogP contribution is 2.22. The first-order valence-corrected chi connectivity index (χ1v) is 5.55. The van der Waals surface area contributed by atoms with Gasteiger partial charge in [-0.3, -0.25) is 10.1 Å². The average molecular weight is 214 g/mol. The minimum Gasteiger partial charge on any atom is -0.468 e. The minimum atomic E-state index is -0.504. The van der Waals surface area contributed by atoms with Crippen LogP contribution in [0.4, 0.5) is 0 Å². The van der Waals surface area contributed by atoms with E-state index in [4.69, 9.17) is 4.74 Å². The molecule has 0 aromatic carbocycles. The molecule has 1 saturated heterocycles. The Balaban J connectivity index is 2.79. The summed E-state index contributed by atoms with van der Waals surface area (Å²) in [5.41, 5.74) is -0.504. The third kappa shape index (κ3) is 2.92. The Bertz CT molecular complexity index is 227. The molecule has 1 atom stereocenters. The molecule has 88 valence electrons. The second-order valence-electron chi connectivity index (χ2n) is 4.71. The number of piperidine rings is 1. The summed E-state index contributed by atoms with van der Waals surface area (Å²) in [5.74, 6) is -0.136. The van der Waals surface area contributed by atoms with E-state index >= 15 is 0 Å². The number of hydrogen-bond acceptors (Lipinski definition) is 4. The summed E-state index contributed by atoms with van der Waals surface area (Å²) in [6.45, 7) is 5.90. The number of esters is 1. The molecular weight excluding hydrogens is 192 g/mol. The van der Waals surface area contributed by atoms with Crippen molar-refractivity contribution in [3.05, 3.63) is 0 Å². The average Bonchev–Trinajstić information content (AvgIpc) is 2.15. The van der Waals surface area contributed by atoms with Crippen LogP contribution in [0.1, 0.15) is 26.7 Å². The van der Waals surface area contributed by atoms with Crippen LogP contribution in [-0.4, -0.2) is 49.7 Å². The van der Waals surface area contributed by atoms with Gasteiger partial charge in [0.25, 0.3) is 0 Å². The fourth-order valence-corrected chi connectivity index (χ4v) is 2.36. The number of hydrogen-bond donors (Lipinski definition) is 1. The highest BCUT2D eigenvalue weighted by atomic mass is 16.5. The Kier molecular flexibility index (Phi) is 4.11. The number of ether oxygens (including phenoxy) is 1. The molecule has 1 unspecified atom stereocenters. The van der Waals surface area contributed by atoms with Gasteiger partial charge in [0.05, 0.1) is 7.11 Å². The summed E-state index contributed by atoms with van der Waals surface area (Å²) in [6.07, 6.45) is 1.90. The Hall–Kier alpha value is -0.610. The zero-order valence-electron chi connectivity index (χ0n) is 10.2. The van der Waals surface area contributed by atoms with E-state index in [1.807, 2.05) is 7.05 Å². The SMILES string of the molecule is COC(=O)C1(NC(C)C)CCCN(C)C1. The van der Waals surface area contributed by atoms with Crippen LogP contribution in [0.25, 0.3) is 0 Å². The van der Waals surface area contributed by atoms with Gasteiger partial charge in [0.15, 0.2) is 0 Å². The van der Waals surface area contributed by atoms with E-state index in [0.717, 1.165) is 25.9 Å². The molecular formula is C11H22N2O2. The van der Waals surface area contributed by atoms with Crippen molar-refractivity contribution in [3.63, 3.8) is 0 Å². The minimum absolute atomic E-state index is 0.136. The lowest BCUT2D eigenvalue weighted by Gasteiger charge is -2.40. The molecule has 4 heteroatoms. The molecule has 1 rings (SSSR count). The molecule has 1 N–H and O–H groups in total. The maximum absolute atomic E-state index is 11.9. The summed E-state index contributed by atoms with van der Waals surface area (Å²) in [5, 5.41) is 3.36. The molecule has 0 bridgehead atoms. The van der Waals surface area contributed by atoms with E-state index in [-0.39, 0.29) is 12.0 Å². The first-order chi connectivity index (χ1) is 7.00. The van der Waals surface area contributed by atoms with Gasteiger partial charge in [-0.05, 0) is 40.3 Å². The molecule has 1 aliphatic rings. The number of nitrogens with zero attached hydrogens (tertiary/aromatic N) is 1. The van der Waals surface area contributed by atoms with Crippen LogP contribution in [0.15, 0.2) is 0 Å². The van der Waals surface area contributed by atoms with Crippen molar-refractivity contribution >= 4 is 5.97 Å². The van der Waals surface area contributed by atoms with Crippen molar-refractivity contribution in [1.82, 2.24) is 10.2 Å². The fraction of sp³-hybridized carbons (Fsp3) is 0.909. The molecule has 0 aliphatic carbocycles. The van der Waals surface area contributed by atoms with Crippen molar-refractivity contribution < 1.29 is 9.53 Å². The van der Waals surface area contributed by atoms with Crippen LogP contribution < -0.4 is 5.32 Å². The number of likely N-dealkylation sites (tertiary alicyclic amines) is 1. The predicted octanol–water partition coefficient (Wildman–Crippen LogP) is 0.622. The van der Waals surface area contributed by atoms with Crippen LogP contribution in [-0.2, 0) is 9.53 Å². The van der Waals surface area contributed by atoms with Crippen LogP contribution in [0, 0.1) is 0 Å². The molecule has 0 saturated carbocycles. The van der Waals surface area contributed by atoms with Gasteiger partial charge < -0.3 is 9.64 Å². The Morgan fingerprint density at radius 1 is 1.53 bits per heavy atom. The van der Waals surface area contributed by atoms with E-state index in [1.54, 1.807) is 0 Å². The molecule has 0 aromatic heterocycles. The first-order valence-electron chi connectivity index (χ1n) is 5.55. The Morgan fingerprint density at radius 2 is 2.20 bits per heavy atom. The van der Waals surface area contributed by atoms with Crippen LogP contribution in [0.2, 0.25) is 0 Å². The van der Waals surface area contributed by atoms with Crippen LogP contribution in [0.3, 0.4) is 0 Å². The highest BCUT2D eigenvalue weighted by molar-refractivity contribution is 5.81. The smallest absolute Gasteiger partial charge is 0.327 e. The Morgan fingerprint density at radius 3 is 2.67 bits per heavy atom. The maximum atomic E-state index is 11.9.